The zero-order valence-corrected chi connectivity index (χ0v) is 8.41. The van der Waals surface area contributed by atoms with Gasteiger partial charge in [0, 0.05) is 20.0 Å². The van der Waals surface area contributed by atoms with E-state index in [-0.39, 0.29) is 12.8 Å². The first-order chi connectivity index (χ1) is 5.87. The maximum atomic E-state index is 10.2. The smallest absolute Gasteiger partial charge is 0.303 e. The molecule has 0 aromatic heterocycles. The van der Waals surface area contributed by atoms with Gasteiger partial charge in [-0.2, -0.15) is 0 Å². The molecule has 0 amide bonds. The minimum Gasteiger partial charge on any atom is -0.481 e. The summed E-state index contributed by atoms with van der Waals surface area (Å²) in [7, 11) is 1.57. The van der Waals surface area contributed by atoms with Gasteiger partial charge in [-0.25, -0.2) is 0 Å². The Hall–Kier alpha value is -0.610. The zero-order chi connectivity index (χ0) is 10.5. The van der Waals surface area contributed by atoms with Crippen molar-refractivity contribution in [3.8, 4) is 0 Å². The van der Waals surface area contributed by atoms with Crippen LogP contribution in [0.3, 0.4) is 0 Å². The molecule has 0 fully saturated rings. The fraction of sp³-hybridized carbons (Fsp3) is 0.889. The van der Waals surface area contributed by atoms with E-state index in [1.165, 1.54) is 0 Å². The number of aliphatic carboxylic acids is 1. The molecule has 2 N–H and O–H groups in total. The fourth-order valence-electron chi connectivity index (χ4n) is 1.04. The molecule has 1 atom stereocenters. The van der Waals surface area contributed by atoms with Crippen molar-refractivity contribution < 1.29 is 19.7 Å². The number of carbonyl (C=O) groups is 1. The number of rotatable bonds is 6. The highest BCUT2D eigenvalue weighted by Crippen LogP contribution is 2.17. The molecule has 0 rings (SSSR count). The summed E-state index contributed by atoms with van der Waals surface area (Å²) < 4.78 is 5.11. The molecule has 0 aliphatic rings. The Bertz CT molecular complexity index is 165. The normalized spacial score (nSPS) is 14.2. The van der Waals surface area contributed by atoms with Crippen molar-refractivity contribution in [3.63, 3.8) is 0 Å². The summed E-state index contributed by atoms with van der Waals surface area (Å²) in [6.07, 6.45) is 0.130. The van der Waals surface area contributed by atoms with Gasteiger partial charge in [0.2, 0.25) is 0 Å². The van der Waals surface area contributed by atoms with E-state index in [9.17, 15) is 9.90 Å². The third-order valence-corrected chi connectivity index (χ3v) is 1.97. The molecule has 13 heavy (non-hydrogen) atoms. The molecule has 0 heterocycles. The molecule has 0 radical (unpaired) electrons. The maximum absolute atomic E-state index is 10.2. The van der Waals surface area contributed by atoms with Gasteiger partial charge in [0.15, 0.2) is 0 Å². The minimum atomic E-state index is -0.880. The molecule has 0 aromatic carbocycles. The predicted octanol–water partition coefficient (Wildman–Crippen LogP) is 1.03. The largest absolute Gasteiger partial charge is 0.481 e. The lowest BCUT2D eigenvalue weighted by atomic mass is 9.98. The number of hydrogen-bond acceptors (Lipinski definition) is 3. The van der Waals surface area contributed by atoms with Crippen LogP contribution in [0.25, 0.3) is 0 Å². The summed E-state index contributed by atoms with van der Waals surface area (Å²) in [6.45, 7) is 3.72. The van der Waals surface area contributed by atoms with E-state index < -0.39 is 17.7 Å². The van der Waals surface area contributed by atoms with Gasteiger partial charge in [0.25, 0.3) is 0 Å². The number of ether oxygens (including phenoxy) is 1. The lowest BCUT2D eigenvalue weighted by Crippen LogP contribution is -2.29. The highest BCUT2D eigenvalue weighted by Gasteiger charge is 2.21. The van der Waals surface area contributed by atoms with E-state index in [2.05, 4.69) is 0 Å². The molecule has 0 aliphatic heterocycles. The lowest BCUT2D eigenvalue weighted by Gasteiger charge is -2.25. The van der Waals surface area contributed by atoms with E-state index in [0.29, 0.717) is 6.42 Å². The molecular weight excluding hydrogens is 172 g/mol. The SMILES string of the molecule is COC(C)(C)CC(O)CCC(=O)O. The first kappa shape index (κ1) is 12.4. The van der Waals surface area contributed by atoms with Gasteiger partial charge < -0.3 is 14.9 Å². The van der Waals surface area contributed by atoms with Gasteiger partial charge in [-0.05, 0) is 20.3 Å². The number of carboxylic acids is 1. The topological polar surface area (TPSA) is 66.8 Å². The van der Waals surface area contributed by atoms with Crippen LogP contribution in [-0.2, 0) is 9.53 Å². The highest BCUT2D eigenvalue weighted by molar-refractivity contribution is 5.66. The van der Waals surface area contributed by atoms with Gasteiger partial charge >= 0.3 is 5.97 Å². The van der Waals surface area contributed by atoms with E-state index in [4.69, 9.17) is 9.84 Å². The second-order valence-corrected chi connectivity index (χ2v) is 3.75. The molecule has 0 spiro atoms. The van der Waals surface area contributed by atoms with Gasteiger partial charge in [-0.3, -0.25) is 4.79 Å². The molecule has 0 saturated carbocycles. The molecule has 4 nitrogen and oxygen atoms in total. The van der Waals surface area contributed by atoms with E-state index in [1.54, 1.807) is 7.11 Å². The zero-order valence-electron chi connectivity index (χ0n) is 8.41. The van der Waals surface area contributed by atoms with Crippen LogP contribution in [0.15, 0.2) is 0 Å². The fourth-order valence-corrected chi connectivity index (χ4v) is 1.04. The molecule has 78 valence electrons. The summed E-state index contributed by atoms with van der Waals surface area (Å²) in [5.41, 5.74) is -0.391. The molecule has 0 bridgehead atoms. The number of aliphatic hydroxyl groups is 1. The quantitative estimate of drug-likeness (QED) is 0.656. The van der Waals surface area contributed by atoms with Crippen molar-refractivity contribution in [2.24, 2.45) is 0 Å². The standard InChI is InChI=1S/C9H18O4/c1-9(2,13-3)6-7(10)4-5-8(11)12/h7,10H,4-6H2,1-3H3,(H,11,12). The Labute approximate surface area is 78.5 Å². The second-order valence-electron chi connectivity index (χ2n) is 3.75. The van der Waals surface area contributed by atoms with Crippen molar-refractivity contribution in [2.45, 2.75) is 44.8 Å². The van der Waals surface area contributed by atoms with E-state index in [0.717, 1.165) is 0 Å². The van der Waals surface area contributed by atoms with E-state index >= 15 is 0 Å². The molecule has 0 aliphatic carbocycles. The molecule has 4 heteroatoms. The second kappa shape index (κ2) is 5.19. The molecular formula is C9H18O4. The average Bonchev–Trinajstić information content (AvgIpc) is 2.00. The van der Waals surface area contributed by atoms with Crippen LogP contribution in [0.2, 0.25) is 0 Å². The van der Waals surface area contributed by atoms with Gasteiger partial charge in [0.1, 0.15) is 0 Å². The summed E-state index contributed by atoms with van der Waals surface area (Å²) in [5, 5.41) is 17.8. The molecule has 0 aromatic rings. The predicted molar refractivity (Wildman–Crippen MR) is 48.6 cm³/mol. The van der Waals surface area contributed by atoms with Crippen molar-refractivity contribution in [2.75, 3.05) is 7.11 Å². The molecule has 0 saturated heterocycles. The van der Waals surface area contributed by atoms with Crippen LogP contribution in [0.1, 0.15) is 33.1 Å². The Morgan fingerprint density at radius 2 is 2.08 bits per heavy atom. The highest BCUT2D eigenvalue weighted by atomic mass is 16.5. The van der Waals surface area contributed by atoms with Gasteiger partial charge in [-0.1, -0.05) is 0 Å². The Morgan fingerprint density at radius 1 is 1.54 bits per heavy atom. The Balaban J connectivity index is 3.73. The molecule has 1 unspecified atom stereocenters. The monoisotopic (exact) mass is 190 g/mol. The third-order valence-electron chi connectivity index (χ3n) is 1.97. The van der Waals surface area contributed by atoms with Crippen molar-refractivity contribution in [1.82, 2.24) is 0 Å². The van der Waals surface area contributed by atoms with Crippen molar-refractivity contribution >= 4 is 5.97 Å². The van der Waals surface area contributed by atoms with Crippen molar-refractivity contribution in [3.05, 3.63) is 0 Å². The first-order valence-corrected chi connectivity index (χ1v) is 4.32. The summed E-state index contributed by atoms with van der Waals surface area (Å²) >= 11 is 0. The minimum absolute atomic E-state index is 0.000953. The number of methoxy groups -OCH3 is 1. The van der Waals surface area contributed by atoms with Crippen LogP contribution in [-0.4, -0.2) is 35.0 Å². The van der Waals surface area contributed by atoms with Crippen LogP contribution in [0, 0.1) is 0 Å². The number of aliphatic hydroxyl groups excluding tert-OH is 1. The van der Waals surface area contributed by atoms with Crippen LogP contribution < -0.4 is 0 Å². The Kier molecular flexibility index (Phi) is 4.95. The maximum Gasteiger partial charge on any atom is 0.303 e. The van der Waals surface area contributed by atoms with Gasteiger partial charge in [0.05, 0.1) is 11.7 Å². The summed E-state index contributed by atoms with van der Waals surface area (Å²) in [4.78, 5) is 10.2. The average molecular weight is 190 g/mol. The third kappa shape index (κ3) is 6.54. The van der Waals surface area contributed by atoms with E-state index in [1.807, 2.05) is 13.8 Å². The van der Waals surface area contributed by atoms with Crippen LogP contribution >= 0.6 is 0 Å². The number of hydrogen-bond donors (Lipinski definition) is 2. The lowest BCUT2D eigenvalue weighted by molar-refractivity contribution is -0.137. The van der Waals surface area contributed by atoms with Gasteiger partial charge in [-0.15, -0.1) is 0 Å². The Morgan fingerprint density at radius 3 is 2.46 bits per heavy atom. The van der Waals surface area contributed by atoms with Crippen LogP contribution in [0.5, 0.6) is 0 Å². The summed E-state index contributed by atoms with van der Waals surface area (Å²) in [5.74, 6) is -0.880. The number of carboxylic acid groups (broad SMARTS) is 1. The van der Waals surface area contributed by atoms with Crippen molar-refractivity contribution in [1.29, 1.82) is 0 Å². The summed E-state index contributed by atoms with van der Waals surface area (Å²) in [6, 6.07) is 0. The van der Waals surface area contributed by atoms with Crippen LogP contribution in [0.4, 0.5) is 0 Å². The first-order valence-electron chi connectivity index (χ1n) is 4.32.